The Hall–Kier alpha value is -3.49. The predicted molar refractivity (Wildman–Crippen MR) is 85.3 cm³/mol. The summed E-state index contributed by atoms with van der Waals surface area (Å²) in [6, 6.07) is 3.25. The SMILES string of the molecule is CC(=O)c1nn(C)cc1NC(=O)c1coc(-c2ccnc(N)c2)n1. The molecule has 3 aromatic heterocycles. The van der Waals surface area contributed by atoms with E-state index in [4.69, 9.17) is 10.2 Å². The predicted octanol–water partition coefficient (Wildman–Crippen LogP) is 1.51. The molecular weight excluding hydrogens is 312 g/mol. The van der Waals surface area contributed by atoms with Gasteiger partial charge in [-0.05, 0) is 12.1 Å². The number of nitrogen functional groups attached to an aromatic ring is 1. The molecule has 0 aliphatic rings. The molecule has 9 heteroatoms. The van der Waals surface area contributed by atoms with Crippen LogP contribution >= 0.6 is 0 Å². The van der Waals surface area contributed by atoms with Gasteiger partial charge in [-0.2, -0.15) is 5.10 Å². The summed E-state index contributed by atoms with van der Waals surface area (Å²) < 4.78 is 6.75. The van der Waals surface area contributed by atoms with Gasteiger partial charge in [0.25, 0.3) is 5.91 Å². The number of nitrogens with one attached hydrogen (secondary N) is 1. The van der Waals surface area contributed by atoms with E-state index in [0.717, 1.165) is 0 Å². The molecule has 3 heterocycles. The van der Waals surface area contributed by atoms with Crippen LogP contribution in [0, 0.1) is 0 Å². The van der Waals surface area contributed by atoms with E-state index < -0.39 is 5.91 Å². The summed E-state index contributed by atoms with van der Waals surface area (Å²) in [6.45, 7) is 1.38. The molecule has 0 bridgehead atoms. The van der Waals surface area contributed by atoms with Crippen LogP contribution in [0.15, 0.2) is 35.2 Å². The number of nitrogens with two attached hydrogens (primary N) is 1. The van der Waals surface area contributed by atoms with Gasteiger partial charge in [0.05, 0.1) is 5.69 Å². The van der Waals surface area contributed by atoms with E-state index in [1.165, 1.54) is 24.1 Å². The van der Waals surface area contributed by atoms with Crippen molar-refractivity contribution < 1.29 is 14.0 Å². The van der Waals surface area contributed by atoms with Gasteiger partial charge in [-0.3, -0.25) is 14.3 Å². The van der Waals surface area contributed by atoms with Gasteiger partial charge in [-0.25, -0.2) is 9.97 Å². The first-order valence-corrected chi connectivity index (χ1v) is 6.97. The molecule has 0 fully saturated rings. The zero-order chi connectivity index (χ0) is 17.3. The number of anilines is 2. The molecule has 9 nitrogen and oxygen atoms in total. The number of aryl methyl sites for hydroxylation is 1. The molecule has 0 saturated heterocycles. The number of carbonyl (C=O) groups is 2. The van der Waals surface area contributed by atoms with E-state index in [9.17, 15) is 9.59 Å². The molecule has 24 heavy (non-hydrogen) atoms. The lowest BCUT2D eigenvalue weighted by Crippen LogP contribution is -2.14. The van der Waals surface area contributed by atoms with Crippen LogP contribution in [0.5, 0.6) is 0 Å². The minimum Gasteiger partial charge on any atom is -0.444 e. The Bertz CT molecular complexity index is 927. The average molecular weight is 326 g/mol. The van der Waals surface area contributed by atoms with Crippen molar-refractivity contribution in [1.82, 2.24) is 19.7 Å². The first-order chi connectivity index (χ1) is 11.4. The van der Waals surface area contributed by atoms with E-state index in [-0.39, 0.29) is 23.1 Å². The lowest BCUT2D eigenvalue weighted by Gasteiger charge is -2.00. The van der Waals surface area contributed by atoms with Crippen LogP contribution < -0.4 is 11.1 Å². The van der Waals surface area contributed by atoms with Gasteiger partial charge in [0.15, 0.2) is 17.2 Å². The Morgan fingerprint density at radius 3 is 2.88 bits per heavy atom. The van der Waals surface area contributed by atoms with Crippen molar-refractivity contribution in [3.8, 4) is 11.5 Å². The van der Waals surface area contributed by atoms with Gasteiger partial charge in [-0.15, -0.1) is 0 Å². The second-order valence-electron chi connectivity index (χ2n) is 5.08. The summed E-state index contributed by atoms with van der Waals surface area (Å²) in [6.07, 6.45) is 4.29. The largest absolute Gasteiger partial charge is 0.444 e. The lowest BCUT2D eigenvalue weighted by molar-refractivity contribution is 0.101. The number of pyridine rings is 1. The van der Waals surface area contributed by atoms with E-state index >= 15 is 0 Å². The maximum atomic E-state index is 12.3. The third kappa shape index (κ3) is 3.00. The Balaban J connectivity index is 1.83. The average Bonchev–Trinajstić information content (AvgIpc) is 3.14. The van der Waals surface area contributed by atoms with Crippen LogP contribution in [0.4, 0.5) is 11.5 Å². The molecule has 0 aromatic carbocycles. The zero-order valence-electron chi connectivity index (χ0n) is 13.0. The summed E-state index contributed by atoms with van der Waals surface area (Å²) in [4.78, 5) is 31.8. The molecule has 0 saturated carbocycles. The fourth-order valence-corrected chi connectivity index (χ4v) is 2.12. The van der Waals surface area contributed by atoms with Gasteiger partial charge in [0.2, 0.25) is 5.89 Å². The lowest BCUT2D eigenvalue weighted by atomic mass is 10.2. The van der Waals surface area contributed by atoms with Crippen molar-refractivity contribution in [3.63, 3.8) is 0 Å². The smallest absolute Gasteiger partial charge is 0.277 e. The number of hydrogen-bond acceptors (Lipinski definition) is 7. The van der Waals surface area contributed by atoms with Gasteiger partial charge in [-0.1, -0.05) is 0 Å². The number of hydrogen-bond donors (Lipinski definition) is 2. The number of carbonyl (C=O) groups excluding carboxylic acids is 2. The highest BCUT2D eigenvalue weighted by Gasteiger charge is 2.18. The van der Waals surface area contributed by atoms with Crippen molar-refractivity contribution >= 4 is 23.2 Å². The van der Waals surface area contributed by atoms with Crippen LogP contribution in [0.25, 0.3) is 11.5 Å². The number of rotatable bonds is 4. The molecule has 0 unspecified atom stereocenters. The Morgan fingerprint density at radius 2 is 2.17 bits per heavy atom. The van der Waals surface area contributed by atoms with Crippen molar-refractivity contribution in [2.75, 3.05) is 11.1 Å². The fourth-order valence-electron chi connectivity index (χ4n) is 2.12. The van der Waals surface area contributed by atoms with Crippen molar-refractivity contribution in [2.45, 2.75) is 6.92 Å². The van der Waals surface area contributed by atoms with E-state index in [2.05, 4.69) is 20.4 Å². The quantitative estimate of drug-likeness (QED) is 0.695. The van der Waals surface area contributed by atoms with E-state index in [1.807, 2.05) is 0 Å². The number of oxazole rings is 1. The van der Waals surface area contributed by atoms with Gasteiger partial charge in [0.1, 0.15) is 12.1 Å². The van der Waals surface area contributed by atoms with Gasteiger partial charge in [0, 0.05) is 31.9 Å². The maximum absolute atomic E-state index is 12.3. The van der Waals surface area contributed by atoms with Crippen molar-refractivity contribution in [3.05, 3.63) is 42.2 Å². The van der Waals surface area contributed by atoms with Gasteiger partial charge < -0.3 is 15.5 Å². The molecule has 1 amide bonds. The first-order valence-electron chi connectivity index (χ1n) is 6.97. The highest BCUT2D eigenvalue weighted by Crippen LogP contribution is 2.21. The van der Waals surface area contributed by atoms with Crippen molar-refractivity contribution in [2.24, 2.45) is 7.05 Å². The van der Waals surface area contributed by atoms with Crippen LogP contribution in [0.1, 0.15) is 27.9 Å². The third-order valence-electron chi connectivity index (χ3n) is 3.18. The minimum atomic E-state index is -0.512. The van der Waals surface area contributed by atoms with Gasteiger partial charge >= 0.3 is 0 Å². The summed E-state index contributed by atoms with van der Waals surface area (Å²) in [5, 5.41) is 6.61. The number of amides is 1. The molecule has 0 radical (unpaired) electrons. The number of ketones is 1. The van der Waals surface area contributed by atoms with Crippen LogP contribution in [0.3, 0.4) is 0 Å². The summed E-state index contributed by atoms with van der Waals surface area (Å²) in [5.74, 6) is -0.202. The number of nitrogens with zero attached hydrogens (tertiary/aromatic N) is 4. The Labute approximate surface area is 136 Å². The Morgan fingerprint density at radius 1 is 1.38 bits per heavy atom. The van der Waals surface area contributed by atoms with Crippen LogP contribution in [0.2, 0.25) is 0 Å². The summed E-state index contributed by atoms with van der Waals surface area (Å²) in [7, 11) is 1.66. The maximum Gasteiger partial charge on any atom is 0.277 e. The molecule has 0 aliphatic carbocycles. The van der Waals surface area contributed by atoms with Crippen LogP contribution in [-0.2, 0) is 7.05 Å². The summed E-state index contributed by atoms with van der Waals surface area (Å²) in [5.41, 5.74) is 6.77. The minimum absolute atomic E-state index is 0.0683. The van der Waals surface area contributed by atoms with Crippen molar-refractivity contribution in [1.29, 1.82) is 0 Å². The topological polar surface area (TPSA) is 129 Å². The first kappa shape index (κ1) is 15.4. The third-order valence-corrected chi connectivity index (χ3v) is 3.18. The molecule has 3 rings (SSSR count). The fraction of sp³-hybridized carbons (Fsp3) is 0.133. The standard InChI is InChI=1S/C15H14N6O3/c1-8(22)13-10(6-21(2)20-13)18-14(23)11-7-24-15(19-11)9-3-4-17-12(16)5-9/h3-7H,1-2H3,(H2,16,17)(H,18,23). The Kier molecular flexibility index (Phi) is 3.82. The normalized spacial score (nSPS) is 10.6. The number of aromatic nitrogens is 4. The molecule has 0 aliphatic heterocycles. The van der Waals surface area contributed by atoms with E-state index in [1.54, 1.807) is 25.4 Å². The number of Topliss-reactive ketones (excluding diaryl/α,β-unsaturated/α-hetero) is 1. The zero-order valence-corrected chi connectivity index (χ0v) is 13.0. The molecule has 0 atom stereocenters. The molecule has 3 N–H and O–H groups in total. The second-order valence-corrected chi connectivity index (χ2v) is 5.08. The summed E-state index contributed by atoms with van der Waals surface area (Å²) >= 11 is 0. The van der Waals surface area contributed by atoms with E-state index in [0.29, 0.717) is 17.1 Å². The van der Waals surface area contributed by atoms with Crippen LogP contribution in [-0.4, -0.2) is 31.4 Å². The highest BCUT2D eigenvalue weighted by molar-refractivity contribution is 6.07. The molecular formula is C15H14N6O3. The molecule has 0 spiro atoms. The monoisotopic (exact) mass is 326 g/mol. The highest BCUT2D eigenvalue weighted by atomic mass is 16.3. The molecule has 3 aromatic rings. The second kappa shape index (κ2) is 5.95. The molecule has 122 valence electrons.